The lowest BCUT2D eigenvalue weighted by Gasteiger charge is -2.18. The van der Waals surface area contributed by atoms with Crippen LogP contribution in [0.15, 0.2) is 54.6 Å². The molecule has 0 saturated carbocycles. The van der Waals surface area contributed by atoms with Gasteiger partial charge in [0.25, 0.3) is 0 Å². The van der Waals surface area contributed by atoms with Crippen molar-refractivity contribution in [1.29, 1.82) is 0 Å². The fourth-order valence-electron chi connectivity index (χ4n) is 2.95. The molecule has 0 N–H and O–H groups in total. The van der Waals surface area contributed by atoms with Crippen molar-refractivity contribution >= 4 is 17.0 Å². The lowest BCUT2D eigenvalue weighted by atomic mass is 9.89. The molecule has 2 aromatic carbocycles. The summed E-state index contributed by atoms with van der Waals surface area (Å²) in [6, 6.07) is 17.1. The second kappa shape index (κ2) is 7.58. The first kappa shape index (κ1) is 17.9. The molecule has 3 aromatic rings. The third kappa shape index (κ3) is 3.55. The SMILES string of the molecule is COc1ccc(C(c2ccc([N+](=O)[O-])c(OC)c2)c2ccc(C)s2)cc1. The van der Waals surface area contributed by atoms with E-state index < -0.39 is 4.92 Å². The van der Waals surface area contributed by atoms with E-state index in [2.05, 4.69) is 19.1 Å². The van der Waals surface area contributed by atoms with Crippen molar-refractivity contribution in [2.24, 2.45) is 0 Å². The number of hydrogen-bond acceptors (Lipinski definition) is 5. The number of benzene rings is 2. The van der Waals surface area contributed by atoms with Crippen LogP contribution in [0.3, 0.4) is 0 Å². The fourth-order valence-corrected chi connectivity index (χ4v) is 3.98. The highest BCUT2D eigenvalue weighted by Gasteiger charge is 2.22. The van der Waals surface area contributed by atoms with Gasteiger partial charge in [-0.1, -0.05) is 18.2 Å². The molecule has 0 amide bonds. The van der Waals surface area contributed by atoms with Crippen LogP contribution < -0.4 is 9.47 Å². The van der Waals surface area contributed by atoms with Gasteiger partial charge in [0.15, 0.2) is 5.75 Å². The minimum Gasteiger partial charge on any atom is -0.497 e. The van der Waals surface area contributed by atoms with E-state index >= 15 is 0 Å². The molecule has 26 heavy (non-hydrogen) atoms. The first-order chi connectivity index (χ1) is 12.5. The van der Waals surface area contributed by atoms with Crippen molar-refractivity contribution in [3.63, 3.8) is 0 Å². The molecule has 1 unspecified atom stereocenters. The third-order valence-corrected chi connectivity index (χ3v) is 5.29. The molecule has 3 rings (SSSR count). The molecule has 0 aliphatic rings. The van der Waals surface area contributed by atoms with Crippen LogP contribution in [0.1, 0.15) is 26.8 Å². The first-order valence-corrected chi connectivity index (χ1v) is 8.87. The topological polar surface area (TPSA) is 61.6 Å². The van der Waals surface area contributed by atoms with Crippen LogP contribution in [-0.2, 0) is 0 Å². The zero-order chi connectivity index (χ0) is 18.7. The third-order valence-electron chi connectivity index (χ3n) is 4.23. The number of ether oxygens (including phenoxy) is 2. The molecule has 5 nitrogen and oxygen atoms in total. The maximum atomic E-state index is 11.2. The van der Waals surface area contributed by atoms with Crippen LogP contribution in [0.4, 0.5) is 5.69 Å². The van der Waals surface area contributed by atoms with Crippen molar-refractivity contribution < 1.29 is 14.4 Å². The van der Waals surface area contributed by atoms with E-state index in [0.29, 0.717) is 0 Å². The van der Waals surface area contributed by atoms with Crippen molar-refractivity contribution in [2.75, 3.05) is 14.2 Å². The second-order valence-electron chi connectivity index (χ2n) is 5.84. The molecule has 0 fully saturated rings. The van der Waals surface area contributed by atoms with Gasteiger partial charge in [-0.2, -0.15) is 0 Å². The Bertz CT molecular complexity index is 918. The lowest BCUT2D eigenvalue weighted by Crippen LogP contribution is -2.03. The van der Waals surface area contributed by atoms with Crippen LogP contribution >= 0.6 is 11.3 Å². The number of rotatable bonds is 6. The van der Waals surface area contributed by atoms with E-state index in [9.17, 15) is 10.1 Å². The number of nitrogens with zero attached hydrogens (tertiary/aromatic N) is 1. The molecule has 0 aliphatic carbocycles. The number of methoxy groups -OCH3 is 2. The van der Waals surface area contributed by atoms with E-state index in [1.807, 2.05) is 24.3 Å². The summed E-state index contributed by atoms with van der Waals surface area (Å²) < 4.78 is 10.5. The van der Waals surface area contributed by atoms with Crippen LogP contribution in [0.5, 0.6) is 11.5 Å². The number of thiophene rings is 1. The predicted octanol–water partition coefficient (Wildman–Crippen LogP) is 5.16. The van der Waals surface area contributed by atoms with Gasteiger partial charge in [0.1, 0.15) is 5.75 Å². The molecule has 0 radical (unpaired) electrons. The molecule has 1 heterocycles. The monoisotopic (exact) mass is 369 g/mol. The van der Waals surface area contributed by atoms with E-state index in [4.69, 9.17) is 9.47 Å². The van der Waals surface area contributed by atoms with Crippen LogP contribution in [-0.4, -0.2) is 19.1 Å². The van der Waals surface area contributed by atoms with Crippen molar-refractivity contribution in [1.82, 2.24) is 0 Å². The Morgan fingerprint density at radius 1 is 0.962 bits per heavy atom. The quantitative estimate of drug-likeness (QED) is 0.445. The maximum absolute atomic E-state index is 11.2. The number of aryl methyl sites for hydroxylation is 1. The molecule has 1 aromatic heterocycles. The maximum Gasteiger partial charge on any atom is 0.310 e. The summed E-state index contributed by atoms with van der Waals surface area (Å²) in [5, 5.41) is 11.2. The molecule has 0 saturated heterocycles. The van der Waals surface area contributed by atoms with E-state index in [1.54, 1.807) is 30.6 Å². The standard InChI is InChI=1S/C20H19NO4S/c1-13-4-11-19(26-13)20(14-5-8-16(24-2)9-6-14)15-7-10-17(21(22)23)18(12-15)25-3/h4-12,20H,1-3H3. The molecule has 1 atom stereocenters. The Labute approximate surface area is 156 Å². The summed E-state index contributed by atoms with van der Waals surface area (Å²) in [7, 11) is 3.08. The Morgan fingerprint density at radius 2 is 1.65 bits per heavy atom. The Hall–Kier alpha value is -2.86. The van der Waals surface area contributed by atoms with Gasteiger partial charge >= 0.3 is 5.69 Å². The largest absolute Gasteiger partial charge is 0.497 e. The molecule has 0 spiro atoms. The molecule has 0 bridgehead atoms. The van der Waals surface area contributed by atoms with Crippen LogP contribution in [0.25, 0.3) is 0 Å². The van der Waals surface area contributed by atoms with Gasteiger partial charge in [0, 0.05) is 21.7 Å². The highest BCUT2D eigenvalue weighted by atomic mass is 32.1. The average molecular weight is 369 g/mol. The van der Waals surface area contributed by atoms with Crippen LogP contribution in [0, 0.1) is 17.0 Å². The Kier molecular flexibility index (Phi) is 5.23. The molecule has 6 heteroatoms. The highest BCUT2D eigenvalue weighted by molar-refractivity contribution is 7.12. The molecular weight excluding hydrogens is 350 g/mol. The second-order valence-corrected chi connectivity index (χ2v) is 7.16. The minimum absolute atomic E-state index is 0.0330. The zero-order valence-corrected chi connectivity index (χ0v) is 15.6. The lowest BCUT2D eigenvalue weighted by molar-refractivity contribution is -0.385. The Balaban J connectivity index is 2.12. The van der Waals surface area contributed by atoms with E-state index in [-0.39, 0.29) is 17.4 Å². The van der Waals surface area contributed by atoms with Gasteiger partial charge in [-0.25, -0.2) is 0 Å². The van der Waals surface area contributed by atoms with Gasteiger partial charge in [0.05, 0.1) is 19.1 Å². The van der Waals surface area contributed by atoms with Crippen LogP contribution in [0.2, 0.25) is 0 Å². The highest BCUT2D eigenvalue weighted by Crippen LogP contribution is 2.39. The summed E-state index contributed by atoms with van der Waals surface area (Å²) in [4.78, 5) is 13.1. The summed E-state index contributed by atoms with van der Waals surface area (Å²) in [5.74, 6) is 1.02. The van der Waals surface area contributed by atoms with Crippen molar-refractivity contribution in [3.8, 4) is 11.5 Å². The molecular formula is C20H19NO4S. The summed E-state index contributed by atoms with van der Waals surface area (Å²) in [5.41, 5.74) is 2.00. The smallest absolute Gasteiger partial charge is 0.310 e. The summed E-state index contributed by atoms with van der Waals surface area (Å²) >= 11 is 1.71. The number of nitro benzene ring substituents is 1. The molecule has 134 valence electrons. The number of hydrogen-bond donors (Lipinski definition) is 0. The summed E-state index contributed by atoms with van der Waals surface area (Å²) in [6.07, 6.45) is 0. The van der Waals surface area contributed by atoms with Gasteiger partial charge in [0.2, 0.25) is 0 Å². The average Bonchev–Trinajstić information content (AvgIpc) is 3.08. The van der Waals surface area contributed by atoms with Gasteiger partial charge in [-0.3, -0.25) is 10.1 Å². The fraction of sp³-hybridized carbons (Fsp3) is 0.200. The number of nitro groups is 1. The van der Waals surface area contributed by atoms with Gasteiger partial charge in [-0.15, -0.1) is 11.3 Å². The van der Waals surface area contributed by atoms with E-state index in [0.717, 1.165) is 16.9 Å². The zero-order valence-electron chi connectivity index (χ0n) is 14.8. The summed E-state index contributed by atoms with van der Waals surface area (Å²) in [6.45, 7) is 2.07. The predicted molar refractivity (Wildman–Crippen MR) is 103 cm³/mol. The van der Waals surface area contributed by atoms with E-state index in [1.165, 1.54) is 22.9 Å². The minimum atomic E-state index is -0.430. The van der Waals surface area contributed by atoms with Gasteiger partial charge in [-0.05, 0) is 48.4 Å². The van der Waals surface area contributed by atoms with Gasteiger partial charge < -0.3 is 9.47 Å². The first-order valence-electron chi connectivity index (χ1n) is 8.06. The Morgan fingerprint density at radius 3 is 2.19 bits per heavy atom. The van der Waals surface area contributed by atoms with Crippen molar-refractivity contribution in [2.45, 2.75) is 12.8 Å². The van der Waals surface area contributed by atoms with Crippen molar-refractivity contribution in [3.05, 3.63) is 85.6 Å². The normalized spacial score (nSPS) is 11.8. The molecule has 0 aliphatic heterocycles.